The largest absolute Gasteiger partial charge is 0.307 e. The summed E-state index contributed by atoms with van der Waals surface area (Å²) in [6.07, 6.45) is 4.12. The molecule has 0 bridgehead atoms. The molecule has 1 saturated carbocycles. The van der Waals surface area contributed by atoms with E-state index in [0.29, 0.717) is 6.04 Å². The predicted molar refractivity (Wildman–Crippen MR) is 65.0 cm³/mol. The molecule has 0 radical (unpaired) electrons. The minimum atomic E-state index is 0.452. The molecule has 0 aromatic carbocycles. The van der Waals surface area contributed by atoms with E-state index in [9.17, 15) is 0 Å². The molecule has 0 amide bonds. The SMILES string of the molecule is Cc1nnc2sc(C3NCC4CCCC43)nn12. The molecule has 5 nitrogen and oxygen atoms in total. The fourth-order valence-corrected chi connectivity index (χ4v) is 4.35. The molecular formula is C11H15N5S. The molecule has 1 aliphatic carbocycles. The third kappa shape index (κ3) is 1.37. The van der Waals surface area contributed by atoms with E-state index in [4.69, 9.17) is 0 Å². The summed E-state index contributed by atoms with van der Waals surface area (Å²) in [7, 11) is 0. The van der Waals surface area contributed by atoms with Crippen LogP contribution in [0.4, 0.5) is 0 Å². The molecule has 1 N–H and O–H groups in total. The molecule has 2 fully saturated rings. The van der Waals surface area contributed by atoms with Crippen molar-refractivity contribution in [1.82, 2.24) is 25.1 Å². The maximum atomic E-state index is 4.66. The summed E-state index contributed by atoms with van der Waals surface area (Å²) in [5.41, 5.74) is 0. The van der Waals surface area contributed by atoms with Crippen molar-refractivity contribution in [3.8, 4) is 0 Å². The Bertz CT molecular complexity index is 559. The molecule has 3 heterocycles. The molecule has 3 unspecified atom stereocenters. The van der Waals surface area contributed by atoms with Gasteiger partial charge < -0.3 is 5.32 Å². The van der Waals surface area contributed by atoms with Crippen molar-refractivity contribution >= 4 is 16.3 Å². The van der Waals surface area contributed by atoms with Gasteiger partial charge in [-0.15, -0.1) is 10.2 Å². The van der Waals surface area contributed by atoms with Crippen LogP contribution in [0.5, 0.6) is 0 Å². The minimum Gasteiger partial charge on any atom is -0.307 e. The molecule has 1 aliphatic heterocycles. The first-order valence-electron chi connectivity index (χ1n) is 6.25. The molecule has 2 aliphatic rings. The third-order valence-electron chi connectivity index (χ3n) is 4.17. The molecule has 2 aromatic heterocycles. The molecule has 0 spiro atoms. The van der Waals surface area contributed by atoms with Gasteiger partial charge in [0.25, 0.3) is 0 Å². The van der Waals surface area contributed by atoms with E-state index in [1.807, 2.05) is 11.4 Å². The summed E-state index contributed by atoms with van der Waals surface area (Å²) in [4.78, 5) is 0.917. The van der Waals surface area contributed by atoms with Crippen LogP contribution in [0.15, 0.2) is 0 Å². The first-order chi connectivity index (χ1) is 8.33. The van der Waals surface area contributed by atoms with E-state index in [0.717, 1.165) is 29.2 Å². The first kappa shape index (κ1) is 9.96. The van der Waals surface area contributed by atoms with Crippen molar-refractivity contribution in [3.05, 3.63) is 10.8 Å². The Morgan fingerprint density at radius 2 is 2.29 bits per heavy atom. The van der Waals surface area contributed by atoms with Crippen molar-refractivity contribution in [1.29, 1.82) is 0 Å². The highest BCUT2D eigenvalue weighted by molar-refractivity contribution is 7.16. The van der Waals surface area contributed by atoms with E-state index in [-0.39, 0.29) is 0 Å². The van der Waals surface area contributed by atoms with Gasteiger partial charge in [-0.1, -0.05) is 17.8 Å². The highest BCUT2D eigenvalue weighted by Gasteiger charge is 2.41. The highest BCUT2D eigenvalue weighted by Crippen LogP contribution is 2.44. The average molecular weight is 249 g/mol. The number of fused-ring (bicyclic) bond motifs is 2. The molecule has 2 aromatic rings. The topological polar surface area (TPSA) is 55.1 Å². The van der Waals surface area contributed by atoms with Crippen LogP contribution in [0.2, 0.25) is 0 Å². The second-order valence-corrected chi connectivity index (χ2v) is 6.11. The lowest BCUT2D eigenvalue weighted by atomic mass is 9.94. The zero-order valence-electron chi connectivity index (χ0n) is 9.76. The van der Waals surface area contributed by atoms with Gasteiger partial charge in [0, 0.05) is 0 Å². The maximum absolute atomic E-state index is 4.66. The van der Waals surface area contributed by atoms with Crippen LogP contribution in [0.3, 0.4) is 0 Å². The summed E-state index contributed by atoms with van der Waals surface area (Å²) in [5.74, 6) is 2.54. The first-order valence-corrected chi connectivity index (χ1v) is 7.07. The Kier molecular flexibility index (Phi) is 2.05. The maximum Gasteiger partial charge on any atom is 0.234 e. The summed E-state index contributed by atoms with van der Waals surface area (Å²) in [6, 6.07) is 0.452. The van der Waals surface area contributed by atoms with Crippen LogP contribution < -0.4 is 5.32 Å². The standard InChI is InChI=1S/C11H15N5S/c1-6-13-14-11-16(6)15-10(17-11)9-8-4-2-3-7(8)5-12-9/h7-9,12H,2-5H2,1H3. The average Bonchev–Trinajstić information content (AvgIpc) is 2.99. The van der Waals surface area contributed by atoms with Gasteiger partial charge >= 0.3 is 0 Å². The fourth-order valence-electron chi connectivity index (χ4n) is 3.31. The molecule has 90 valence electrons. The summed E-state index contributed by atoms with van der Waals surface area (Å²) >= 11 is 1.68. The van der Waals surface area contributed by atoms with Crippen molar-refractivity contribution in [2.45, 2.75) is 32.2 Å². The van der Waals surface area contributed by atoms with E-state index >= 15 is 0 Å². The van der Waals surface area contributed by atoms with Gasteiger partial charge in [-0.05, 0) is 38.1 Å². The number of hydrogen-bond acceptors (Lipinski definition) is 5. The highest BCUT2D eigenvalue weighted by atomic mass is 32.1. The number of aryl methyl sites for hydroxylation is 1. The zero-order chi connectivity index (χ0) is 11.4. The molecular weight excluding hydrogens is 234 g/mol. The van der Waals surface area contributed by atoms with E-state index < -0.39 is 0 Å². The molecule has 1 saturated heterocycles. The van der Waals surface area contributed by atoms with Gasteiger partial charge in [-0.3, -0.25) is 0 Å². The Balaban J connectivity index is 1.73. The van der Waals surface area contributed by atoms with Crippen molar-refractivity contribution in [3.63, 3.8) is 0 Å². The molecule has 17 heavy (non-hydrogen) atoms. The second kappa shape index (κ2) is 3.49. The van der Waals surface area contributed by atoms with Crippen LogP contribution in [0, 0.1) is 18.8 Å². The monoisotopic (exact) mass is 249 g/mol. The number of aromatic nitrogens is 4. The second-order valence-electron chi connectivity index (χ2n) is 5.12. The van der Waals surface area contributed by atoms with Crippen molar-refractivity contribution in [2.24, 2.45) is 11.8 Å². The van der Waals surface area contributed by atoms with Crippen LogP contribution in [-0.4, -0.2) is 26.4 Å². The van der Waals surface area contributed by atoms with Crippen LogP contribution in [-0.2, 0) is 0 Å². The number of nitrogens with zero attached hydrogens (tertiary/aromatic N) is 4. The lowest BCUT2D eigenvalue weighted by molar-refractivity contribution is 0.418. The Morgan fingerprint density at radius 1 is 1.35 bits per heavy atom. The normalized spacial score (nSPS) is 32.4. The number of nitrogens with one attached hydrogen (secondary N) is 1. The smallest absolute Gasteiger partial charge is 0.234 e. The lowest BCUT2D eigenvalue weighted by Gasteiger charge is -2.14. The van der Waals surface area contributed by atoms with E-state index in [2.05, 4.69) is 20.6 Å². The van der Waals surface area contributed by atoms with Crippen molar-refractivity contribution < 1.29 is 0 Å². The van der Waals surface area contributed by atoms with Crippen LogP contribution in [0.25, 0.3) is 4.96 Å². The van der Waals surface area contributed by atoms with Gasteiger partial charge in [0.1, 0.15) is 5.01 Å². The van der Waals surface area contributed by atoms with Gasteiger partial charge in [-0.2, -0.15) is 9.61 Å². The van der Waals surface area contributed by atoms with Gasteiger partial charge in [0.15, 0.2) is 5.82 Å². The Morgan fingerprint density at radius 3 is 3.18 bits per heavy atom. The summed E-state index contributed by atoms with van der Waals surface area (Å²) in [6.45, 7) is 3.11. The third-order valence-corrected chi connectivity index (χ3v) is 5.16. The minimum absolute atomic E-state index is 0.452. The van der Waals surface area contributed by atoms with Gasteiger partial charge in [-0.25, -0.2) is 0 Å². The molecule has 4 rings (SSSR count). The van der Waals surface area contributed by atoms with E-state index in [1.165, 1.54) is 24.3 Å². The predicted octanol–water partition coefficient (Wildman–Crippen LogP) is 1.55. The van der Waals surface area contributed by atoms with Gasteiger partial charge in [0.2, 0.25) is 4.96 Å². The van der Waals surface area contributed by atoms with Crippen molar-refractivity contribution in [2.75, 3.05) is 6.54 Å². The van der Waals surface area contributed by atoms with E-state index in [1.54, 1.807) is 11.3 Å². The van der Waals surface area contributed by atoms with Gasteiger partial charge in [0.05, 0.1) is 6.04 Å². The lowest BCUT2D eigenvalue weighted by Crippen LogP contribution is -2.17. The fraction of sp³-hybridized carbons (Fsp3) is 0.727. The molecule has 3 atom stereocenters. The zero-order valence-corrected chi connectivity index (χ0v) is 10.6. The quantitative estimate of drug-likeness (QED) is 0.833. The number of hydrogen-bond donors (Lipinski definition) is 1. The van der Waals surface area contributed by atoms with Crippen LogP contribution in [0.1, 0.15) is 36.1 Å². The van der Waals surface area contributed by atoms with Crippen LogP contribution >= 0.6 is 11.3 Å². The summed E-state index contributed by atoms with van der Waals surface area (Å²) < 4.78 is 1.87. The Labute approximate surface area is 103 Å². The summed E-state index contributed by atoms with van der Waals surface area (Å²) in [5, 5.41) is 17.6. The Hall–Kier alpha value is -1.01. The molecule has 6 heteroatoms. The number of rotatable bonds is 1.